The number of rotatable bonds is 6. The predicted molar refractivity (Wildman–Crippen MR) is 81.8 cm³/mol. The number of hydrogen-bond acceptors (Lipinski definition) is 2. The summed E-state index contributed by atoms with van der Waals surface area (Å²) in [6, 6.07) is 13.4. The van der Waals surface area contributed by atoms with Gasteiger partial charge >= 0.3 is 6.09 Å². The Morgan fingerprint density at radius 2 is 1.57 bits per heavy atom. The third kappa shape index (κ3) is 4.60. The maximum atomic E-state index is 11.3. The monoisotopic (exact) mass is 285 g/mol. The highest BCUT2D eigenvalue weighted by atomic mass is 16.4. The van der Waals surface area contributed by atoms with Crippen molar-refractivity contribution >= 4 is 6.09 Å². The van der Waals surface area contributed by atoms with E-state index in [0.717, 1.165) is 42.2 Å². The standard InChI is InChI=1S/C17H19NO3/c19-16-12-11-15(13-18(16)17(20)21)10-6-2-5-9-14-7-3-1-4-8-14/h1,3-4,7-8,11-13H,2,5-6,9-10H2,(H,20,21). The van der Waals surface area contributed by atoms with Crippen LogP contribution in [0.3, 0.4) is 0 Å². The zero-order chi connectivity index (χ0) is 15.1. The van der Waals surface area contributed by atoms with E-state index in [1.54, 1.807) is 6.07 Å². The molecule has 0 aliphatic carbocycles. The maximum absolute atomic E-state index is 11.3. The number of aromatic nitrogens is 1. The predicted octanol–water partition coefficient (Wildman–Crippen LogP) is 3.33. The van der Waals surface area contributed by atoms with Crippen LogP contribution < -0.4 is 5.56 Å². The molecule has 2 aromatic rings. The van der Waals surface area contributed by atoms with E-state index in [9.17, 15) is 9.59 Å². The molecule has 2 rings (SSSR count). The van der Waals surface area contributed by atoms with Crippen LogP contribution in [0.2, 0.25) is 0 Å². The number of hydrogen-bond donors (Lipinski definition) is 1. The van der Waals surface area contributed by atoms with Gasteiger partial charge in [-0.15, -0.1) is 0 Å². The van der Waals surface area contributed by atoms with Gasteiger partial charge in [-0.25, -0.2) is 9.36 Å². The zero-order valence-electron chi connectivity index (χ0n) is 11.9. The molecular formula is C17H19NO3. The fraction of sp³-hybridized carbons (Fsp3) is 0.294. The lowest BCUT2D eigenvalue weighted by Gasteiger charge is -2.04. The Bertz CT molecular complexity index is 647. The zero-order valence-corrected chi connectivity index (χ0v) is 11.9. The molecule has 21 heavy (non-hydrogen) atoms. The molecule has 0 unspecified atom stereocenters. The number of aryl methyl sites for hydroxylation is 2. The van der Waals surface area contributed by atoms with Crippen LogP contribution in [0.1, 0.15) is 30.4 Å². The van der Waals surface area contributed by atoms with Crippen LogP contribution in [0.5, 0.6) is 0 Å². The van der Waals surface area contributed by atoms with E-state index >= 15 is 0 Å². The van der Waals surface area contributed by atoms with Crippen LogP contribution in [0, 0.1) is 0 Å². The molecule has 110 valence electrons. The van der Waals surface area contributed by atoms with Crippen molar-refractivity contribution in [2.75, 3.05) is 0 Å². The summed E-state index contributed by atoms with van der Waals surface area (Å²) in [6.07, 6.45) is 5.24. The SMILES string of the molecule is O=C(O)n1cc(CCCCCc2ccccc2)ccc1=O. The molecule has 0 amide bonds. The first kappa shape index (κ1) is 15.0. The van der Waals surface area contributed by atoms with Crippen LogP contribution in [0.4, 0.5) is 4.79 Å². The average molecular weight is 285 g/mol. The van der Waals surface area contributed by atoms with Crippen LogP contribution in [-0.4, -0.2) is 15.8 Å². The van der Waals surface area contributed by atoms with Crippen LogP contribution in [0.15, 0.2) is 53.5 Å². The summed E-state index contributed by atoms with van der Waals surface area (Å²) in [6.45, 7) is 0. The molecule has 1 N–H and O–H groups in total. The van der Waals surface area contributed by atoms with Crippen molar-refractivity contribution in [3.8, 4) is 0 Å². The van der Waals surface area contributed by atoms with Crippen molar-refractivity contribution in [3.05, 3.63) is 70.1 Å². The van der Waals surface area contributed by atoms with Gasteiger partial charge in [0, 0.05) is 12.3 Å². The third-order valence-electron chi connectivity index (χ3n) is 3.45. The Balaban J connectivity index is 1.77. The van der Waals surface area contributed by atoms with Gasteiger partial charge < -0.3 is 5.11 Å². The van der Waals surface area contributed by atoms with Gasteiger partial charge in [0.2, 0.25) is 0 Å². The molecule has 0 radical (unpaired) electrons. The van der Waals surface area contributed by atoms with Gasteiger partial charge in [0.1, 0.15) is 0 Å². The second kappa shape index (κ2) is 7.43. The van der Waals surface area contributed by atoms with Crippen molar-refractivity contribution in [1.82, 2.24) is 4.57 Å². The second-order valence-electron chi connectivity index (χ2n) is 5.07. The van der Waals surface area contributed by atoms with Gasteiger partial charge in [0.15, 0.2) is 0 Å². The molecule has 0 saturated carbocycles. The molecule has 0 aliphatic rings. The molecule has 1 aromatic heterocycles. The average Bonchev–Trinajstić information content (AvgIpc) is 2.49. The van der Waals surface area contributed by atoms with E-state index in [2.05, 4.69) is 12.1 Å². The quantitative estimate of drug-likeness (QED) is 0.828. The Morgan fingerprint density at radius 3 is 2.24 bits per heavy atom. The Kier molecular flexibility index (Phi) is 5.32. The minimum atomic E-state index is -1.23. The summed E-state index contributed by atoms with van der Waals surface area (Å²) in [4.78, 5) is 22.2. The van der Waals surface area contributed by atoms with E-state index in [4.69, 9.17) is 5.11 Å². The van der Waals surface area contributed by atoms with E-state index in [-0.39, 0.29) is 0 Å². The Hall–Kier alpha value is -2.36. The summed E-state index contributed by atoms with van der Waals surface area (Å²) in [7, 11) is 0. The second-order valence-corrected chi connectivity index (χ2v) is 5.07. The van der Waals surface area contributed by atoms with Gasteiger partial charge in [0.05, 0.1) is 0 Å². The van der Waals surface area contributed by atoms with Crippen molar-refractivity contribution in [3.63, 3.8) is 0 Å². The highest BCUT2D eigenvalue weighted by Gasteiger charge is 2.04. The molecule has 1 aromatic carbocycles. The minimum absolute atomic E-state index is 0.504. The lowest BCUT2D eigenvalue weighted by molar-refractivity contribution is 0.195. The van der Waals surface area contributed by atoms with E-state index in [1.807, 2.05) is 18.2 Å². The summed E-state index contributed by atoms with van der Waals surface area (Å²) in [5, 5.41) is 8.89. The van der Waals surface area contributed by atoms with Crippen LogP contribution in [-0.2, 0) is 12.8 Å². The molecule has 0 saturated heterocycles. The number of pyridine rings is 1. The molecule has 0 bridgehead atoms. The summed E-state index contributed by atoms with van der Waals surface area (Å²) in [5.74, 6) is 0. The maximum Gasteiger partial charge on any atom is 0.418 e. The molecule has 4 nitrogen and oxygen atoms in total. The normalized spacial score (nSPS) is 10.5. The fourth-order valence-corrected chi connectivity index (χ4v) is 2.31. The first-order valence-electron chi connectivity index (χ1n) is 7.15. The summed E-state index contributed by atoms with van der Waals surface area (Å²) in [5.41, 5.74) is 1.73. The molecule has 1 heterocycles. The number of carboxylic acid groups (broad SMARTS) is 1. The van der Waals surface area contributed by atoms with Crippen molar-refractivity contribution in [2.24, 2.45) is 0 Å². The first-order chi connectivity index (χ1) is 10.2. The smallest absolute Gasteiger partial charge is 0.418 e. The Labute approximate surface area is 123 Å². The summed E-state index contributed by atoms with van der Waals surface area (Å²) < 4.78 is 0.735. The number of nitrogens with zero attached hydrogens (tertiary/aromatic N) is 1. The molecule has 0 fully saturated rings. The molecule has 0 aliphatic heterocycles. The van der Waals surface area contributed by atoms with Crippen molar-refractivity contribution < 1.29 is 9.90 Å². The van der Waals surface area contributed by atoms with Gasteiger partial charge in [-0.2, -0.15) is 0 Å². The molecule has 4 heteroatoms. The van der Waals surface area contributed by atoms with E-state index < -0.39 is 11.7 Å². The van der Waals surface area contributed by atoms with Gasteiger partial charge in [0.25, 0.3) is 5.56 Å². The highest BCUT2D eigenvalue weighted by molar-refractivity contribution is 5.67. The fourth-order valence-electron chi connectivity index (χ4n) is 2.31. The first-order valence-corrected chi connectivity index (χ1v) is 7.15. The van der Waals surface area contributed by atoms with Crippen molar-refractivity contribution in [2.45, 2.75) is 32.1 Å². The van der Waals surface area contributed by atoms with Gasteiger partial charge in [-0.1, -0.05) is 42.8 Å². The van der Waals surface area contributed by atoms with Crippen LogP contribution >= 0.6 is 0 Å². The van der Waals surface area contributed by atoms with E-state index in [1.165, 1.54) is 17.8 Å². The van der Waals surface area contributed by atoms with Crippen molar-refractivity contribution in [1.29, 1.82) is 0 Å². The molecular weight excluding hydrogens is 266 g/mol. The number of unbranched alkanes of at least 4 members (excludes halogenated alkanes) is 2. The number of benzene rings is 1. The largest absolute Gasteiger partial charge is 0.464 e. The van der Waals surface area contributed by atoms with Gasteiger partial charge in [-0.3, -0.25) is 4.79 Å². The van der Waals surface area contributed by atoms with Crippen LogP contribution in [0.25, 0.3) is 0 Å². The topological polar surface area (TPSA) is 59.3 Å². The lowest BCUT2D eigenvalue weighted by Crippen LogP contribution is -2.24. The van der Waals surface area contributed by atoms with Gasteiger partial charge in [-0.05, 0) is 36.8 Å². The van der Waals surface area contributed by atoms with E-state index in [0.29, 0.717) is 0 Å². The lowest BCUT2D eigenvalue weighted by atomic mass is 10.0. The summed E-state index contributed by atoms with van der Waals surface area (Å²) >= 11 is 0. The highest BCUT2D eigenvalue weighted by Crippen LogP contribution is 2.09. The molecule has 0 spiro atoms. The third-order valence-corrected chi connectivity index (χ3v) is 3.45. The minimum Gasteiger partial charge on any atom is -0.464 e. The number of carbonyl (C=O) groups is 1. The Morgan fingerprint density at radius 1 is 0.905 bits per heavy atom. The molecule has 0 atom stereocenters.